The molecule has 2 fully saturated rings. The summed E-state index contributed by atoms with van der Waals surface area (Å²) in [5, 5.41) is 0.596. The van der Waals surface area contributed by atoms with Crippen LogP contribution in [-0.4, -0.2) is 48.1 Å². The van der Waals surface area contributed by atoms with Gasteiger partial charge in [-0.05, 0) is 32.6 Å². The predicted molar refractivity (Wildman–Crippen MR) is 79.8 cm³/mol. The number of nitrogens with zero attached hydrogens (tertiary/aromatic N) is 3. The molecule has 7 heteroatoms. The van der Waals surface area contributed by atoms with Crippen molar-refractivity contribution in [3.05, 3.63) is 10.6 Å². The number of aromatic nitrogens is 1. The number of amides is 2. The zero-order valence-electron chi connectivity index (χ0n) is 12.3. The Morgan fingerprint density at radius 2 is 2.19 bits per heavy atom. The Morgan fingerprint density at radius 1 is 1.43 bits per heavy atom. The van der Waals surface area contributed by atoms with E-state index in [9.17, 15) is 9.59 Å². The normalized spacial score (nSPS) is 18.5. The molecule has 1 aliphatic heterocycles. The summed E-state index contributed by atoms with van der Waals surface area (Å²) in [5.74, 6) is 0.322. The Balaban J connectivity index is 1.73. The first kappa shape index (κ1) is 14.3. The van der Waals surface area contributed by atoms with E-state index < -0.39 is 0 Å². The third kappa shape index (κ3) is 2.88. The minimum atomic E-state index is -0.361. The van der Waals surface area contributed by atoms with E-state index in [1.807, 2.05) is 4.90 Å². The molecule has 0 atom stereocenters. The van der Waals surface area contributed by atoms with Gasteiger partial charge in [0.25, 0.3) is 0 Å². The molecule has 1 aromatic rings. The SMILES string of the molecule is CCOC(=O)c1sc(N2CCN(CC3CC3)C2=O)nc1C. The van der Waals surface area contributed by atoms with E-state index in [-0.39, 0.29) is 12.0 Å². The highest BCUT2D eigenvalue weighted by Crippen LogP contribution is 2.33. The van der Waals surface area contributed by atoms with Gasteiger partial charge in [-0.15, -0.1) is 0 Å². The molecule has 0 spiro atoms. The fraction of sp³-hybridized carbons (Fsp3) is 0.643. The fourth-order valence-corrected chi connectivity index (χ4v) is 3.41. The van der Waals surface area contributed by atoms with Crippen LogP contribution in [0.15, 0.2) is 0 Å². The van der Waals surface area contributed by atoms with Crippen LogP contribution in [0.5, 0.6) is 0 Å². The van der Waals surface area contributed by atoms with Crippen molar-refractivity contribution in [2.24, 2.45) is 5.92 Å². The molecule has 114 valence electrons. The van der Waals surface area contributed by atoms with Gasteiger partial charge in [0, 0.05) is 19.6 Å². The first-order valence-electron chi connectivity index (χ1n) is 7.31. The van der Waals surface area contributed by atoms with E-state index in [2.05, 4.69) is 4.98 Å². The largest absolute Gasteiger partial charge is 0.462 e. The number of ether oxygens (including phenoxy) is 1. The van der Waals surface area contributed by atoms with Crippen molar-refractivity contribution < 1.29 is 14.3 Å². The Labute approximate surface area is 127 Å². The summed E-state index contributed by atoms with van der Waals surface area (Å²) in [6.07, 6.45) is 2.46. The molecule has 21 heavy (non-hydrogen) atoms. The van der Waals surface area contributed by atoms with Crippen molar-refractivity contribution in [1.82, 2.24) is 9.88 Å². The van der Waals surface area contributed by atoms with Crippen LogP contribution in [-0.2, 0) is 4.74 Å². The summed E-state index contributed by atoms with van der Waals surface area (Å²) >= 11 is 1.24. The summed E-state index contributed by atoms with van der Waals surface area (Å²) in [5.41, 5.74) is 0.627. The zero-order valence-corrected chi connectivity index (χ0v) is 13.1. The number of esters is 1. The molecule has 2 heterocycles. The van der Waals surface area contributed by atoms with Gasteiger partial charge in [-0.25, -0.2) is 14.6 Å². The summed E-state index contributed by atoms with van der Waals surface area (Å²) < 4.78 is 5.01. The van der Waals surface area contributed by atoms with Crippen molar-refractivity contribution >= 4 is 28.5 Å². The molecule has 0 unspecified atom stereocenters. The smallest absolute Gasteiger partial charge is 0.350 e. The second kappa shape index (κ2) is 5.63. The Bertz CT molecular complexity index is 568. The molecule has 2 aliphatic rings. The Kier molecular flexibility index (Phi) is 3.84. The van der Waals surface area contributed by atoms with Crippen LogP contribution in [0.25, 0.3) is 0 Å². The maximum Gasteiger partial charge on any atom is 0.350 e. The molecular weight excluding hydrogens is 290 g/mol. The molecule has 6 nitrogen and oxygen atoms in total. The maximum absolute atomic E-state index is 12.4. The zero-order chi connectivity index (χ0) is 15.0. The summed E-state index contributed by atoms with van der Waals surface area (Å²) in [7, 11) is 0. The average Bonchev–Trinajstić information content (AvgIpc) is 3.08. The van der Waals surface area contributed by atoms with Crippen LogP contribution in [0.2, 0.25) is 0 Å². The van der Waals surface area contributed by atoms with Gasteiger partial charge in [-0.2, -0.15) is 0 Å². The number of carbonyl (C=O) groups is 2. The quantitative estimate of drug-likeness (QED) is 0.783. The van der Waals surface area contributed by atoms with E-state index in [1.165, 1.54) is 24.2 Å². The number of hydrogen-bond donors (Lipinski definition) is 0. The first-order valence-corrected chi connectivity index (χ1v) is 8.12. The lowest BCUT2D eigenvalue weighted by molar-refractivity contribution is 0.0531. The highest BCUT2D eigenvalue weighted by atomic mass is 32.1. The van der Waals surface area contributed by atoms with Crippen LogP contribution < -0.4 is 4.90 Å². The molecule has 1 saturated carbocycles. The number of hydrogen-bond acceptors (Lipinski definition) is 5. The average molecular weight is 309 g/mol. The number of carbonyl (C=O) groups excluding carboxylic acids is 2. The molecule has 1 aromatic heterocycles. The number of aryl methyl sites for hydroxylation is 1. The maximum atomic E-state index is 12.4. The van der Waals surface area contributed by atoms with Crippen molar-refractivity contribution in [2.75, 3.05) is 31.1 Å². The topological polar surface area (TPSA) is 62.7 Å². The second-order valence-corrected chi connectivity index (χ2v) is 6.43. The molecule has 2 amide bonds. The molecule has 0 bridgehead atoms. The van der Waals surface area contributed by atoms with Gasteiger partial charge in [-0.1, -0.05) is 11.3 Å². The first-order chi connectivity index (χ1) is 10.1. The molecule has 0 N–H and O–H groups in total. The van der Waals surface area contributed by atoms with Gasteiger partial charge in [0.15, 0.2) is 5.13 Å². The fourth-order valence-electron chi connectivity index (χ4n) is 2.43. The van der Waals surface area contributed by atoms with Gasteiger partial charge >= 0.3 is 12.0 Å². The lowest BCUT2D eigenvalue weighted by atomic mass is 10.4. The summed E-state index contributed by atoms with van der Waals surface area (Å²) in [6, 6.07) is 0.00561. The van der Waals surface area contributed by atoms with Gasteiger partial charge in [0.2, 0.25) is 0 Å². The Morgan fingerprint density at radius 3 is 2.86 bits per heavy atom. The highest BCUT2D eigenvalue weighted by Gasteiger charge is 2.35. The highest BCUT2D eigenvalue weighted by molar-refractivity contribution is 7.17. The summed E-state index contributed by atoms with van der Waals surface area (Å²) in [6.45, 7) is 6.11. The molecular formula is C14H19N3O3S. The van der Waals surface area contributed by atoms with Crippen LogP contribution in [0, 0.1) is 12.8 Å². The van der Waals surface area contributed by atoms with Gasteiger partial charge in [0.05, 0.1) is 12.3 Å². The van der Waals surface area contributed by atoms with Crippen LogP contribution in [0.4, 0.5) is 9.93 Å². The van der Waals surface area contributed by atoms with Gasteiger partial charge in [0.1, 0.15) is 4.88 Å². The molecule has 0 radical (unpaired) electrons. The Hall–Kier alpha value is -1.63. The molecule has 3 rings (SSSR count). The molecule has 1 saturated heterocycles. The van der Waals surface area contributed by atoms with E-state index in [1.54, 1.807) is 18.7 Å². The van der Waals surface area contributed by atoms with Crippen LogP contribution in [0.1, 0.15) is 35.1 Å². The molecule has 0 aromatic carbocycles. The second-order valence-electron chi connectivity index (χ2n) is 5.46. The number of rotatable bonds is 5. The predicted octanol–water partition coefficient (Wildman–Crippen LogP) is 2.28. The van der Waals surface area contributed by atoms with E-state index in [0.29, 0.717) is 34.8 Å². The number of urea groups is 1. The standard InChI is InChI=1S/C14H19N3O3S/c1-3-20-12(18)11-9(2)15-13(21-11)17-7-6-16(14(17)19)8-10-4-5-10/h10H,3-8H2,1-2H3. The van der Waals surface area contributed by atoms with E-state index >= 15 is 0 Å². The molecule has 1 aliphatic carbocycles. The van der Waals surface area contributed by atoms with Crippen LogP contribution in [0.3, 0.4) is 0 Å². The lowest BCUT2D eigenvalue weighted by Gasteiger charge is -2.16. The minimum absolute atomic E-state index is 0.00561. The third-order valence-electron chi connectivity index (χ3n) is 3.75. The van der Waals surface area contributed by atoms with E-state index in [0.717, 1.165) is 13.1 Å². The third-order valence-corrected chi connectivity index (χ3v) is 4.91. The van der Waals surface area contributed by atoms with Gasteiger partial charge in [-0.3, -0.25) is 4.90 Å². The minimum Gasteiger partial charge on any atom is -0.462 e. The number of thiazole rings is 1. The van der Waals surface area contributed by atoms with Crippen molar-refractivity contribution in [2.45, 2.75) is 26.7 Å². The van der Waals surface area contributed by atoms with Crippen molar-refractivity contribution in [3.8, 4) is 0 Å². The summed E-state index contributed by atoms with van der Waals surface area (Å²) in [4.78, 5) is 32.6. The number of anilines is 1. The van der Waals surface area contributed by atoms with Gasteiger partial charge < -0.3 is 9.64 Å². The van der Waals surface area contributed by atoms with Crippen molar-refractivity contribution in [1.29, 1.82) is 0 Å². The van der Waals surface area contributed by atoms with E-state index in [4.69, 9.17) is 4.74 Å². The van der Waals surface area contributed by atoms with Crippen molar-refractivity contribution in [3.63, 3.8) is 0 Å². The lowest BCUT2D eigenvalue weighted by Crippen LogP contribution is -2.33. The van der Waals surface area contributed by atoms with Crippen LogP contribution >= 0.6 is 11.3 Å². The monoisotopic (exact) mass is 309 g/mol.